The molecule has 0 aromatic rings. The molecule has 1 amide bonds. The maximum absolute atomic E-state index is 12.6. The van der Waals surface area contributed by atoms with Crippen molar-refractivity contribution in [3.05, 3.63) is 0 Å². The Morgan fingerprint density at radius 1 is 1.00 bits per heavy atom. The minimum Gasteiger partial charge on any atom is -0.341 e. The van der Waals surface area contributed by atoms with E-state index in [2.05, 4.69) is 17.1 Å². The molecule has 1 atom stereocenters. The van der Waals surface area contributed by atoms with Gasteiger partial charge in [-0.1, -0.05) is 12.8 Å². The molecular formula is C15H26N2O. The third kappa shape index (κ3) is 2.07. The topological polar surface area (TPSA) is 32.3 Å². The Labute approximate surface area is 110 Å². The Morgan fingerprint density at radius 2 is 1.67 bits per heavy atom. The zero-order chi connectivity index (χ0) is 12.6. The maximum atomic E-state index is 12.6. The van der Waals surface area contributed by atoms with E-state index in [0.29, 0.717) is 11.3 Å². The molecule has 3 rings (SSSR count). The van der Waals surface area contributed by atoms with Crippen molar-refractivity contribution in [2.75, 3.05) is 19.6 Å². The summed E-state index contributed by atoms with van der Waals surface area (Å²) in [7, 11) is 0. The van der Waals surface area contributed by atoms with Crippen LogP contribution in [0.15, 0.2) is 0 Å². The molecule has 3 nitrogen and oxygen atoms in total. The summed E-state index contributed by atoms with van der Waals surface area (Å²) in [6.07, 6.45) is 10.3. The lowest BCUT2D eigenvalue weighted by Crippen LogP contribution is -2.55. The van der Waals surface area contributed by atoms with Gasteiger partial charge in [0.2, 0.25) is 5.91 Å². The molecule has 0 radical (unpaired) electrons. The lowest BCUT2D eigenvalue weighted by atomic mass is 9.76. The van der Waals surface area contributed by atoms with E-state index in [1.165, 1.54) is 38.5 Å². The number of carbonyl (C=O) groups excluding carboxylic acids is 1. The fourth-order valence-corrected chi connectivity index (χ4v) is 4.24. The number of piperidine rings is 1. The van der Waals surface area contributed by atoms with Crippen LogP contribution in [0, 0.1) is 5.41 Å². The molecule has 3 heteroatoms. The molecular weight excluding hydrogens is 224 g/mol. The zero-order valence-electron chi connectivity index (χ0n) is 11.6. The van der Waals surface area contributed by atoms with E-state index < -0.39 is 0 Å². The first-order chi connectivity index (χ1) is 8.64. The molecule has 2 aliphatic heterocycles. The monoisotopic (exact) mass is 250 g/mol. The summed E-state index contributed by atoms with van der Waals surface area (Å²) in [5, 5.41) is 3.40. The summed E-state index contributed by atoms with van der Waals surface area (Å²) in [5.41, 5.74) is 0.348. The highest BCUT2D eigenvalue weighted by Gasteiger charge is 2.43. The number of likely N-dealkylation sites (tertiary alicyclic amines) is 1. The molecule has 1 aliphatic carbocycles. The number of nitrogens with one attached hydrogen (secondary N) is 1. The molecule has 0 bridgehead atoms. The van der Waals surface area contributed by atoms with Crippen molar-refractivity contribution < 1.29 is 4.79 Å². The minimum absolute atomic E-state index is 0.264. The Bertz CT molecular complexity index is 317. The Balaban J connectivity index is 1.60. The van der Waals surface area contributed by atoms with Gasteiger partial charge in [-0.25, -0.2) is 0 Å². The third-order valence-electron chi connectivity index (χ3n) is 5.62. The molecule has 2 heterocycles. The maximum Gasteiger partial charge on any atom is 0.242 e. The first-order valence-corrected chi connectivity index (χ1v) is 7.68. The van der Waals surface area contributed by atoms with E-state index >= 15 is 0 Å². The predicted molar refractivity (Wildman–Crippen MR) is 72.4 cm³/mol. The summed E-state index contributed by atoms with van der Waals surface area (Å²) in [6.45, 7) is 5.08. The van der Waals surface area contributed by atoms with Gasteiger partial charge in [0.25, 0.3) is 0 Å². The summed E-state index contributed by atoms with van der Waals surface area (Å²) in [5.74, 6) is 0.354. The van der Waals surface area contributed by atoms with Crippen LogP contribution in [0.2, 0.25) is 0 Å². The van der Waals surface area contributed by atoms with Crippen molar-refractivity contribution in [3.8, 4) is 0 Å². The Hall–Kier alpha value is -0.570. The van der Waals surface area contributed by atoms with Gasteiger partial charge < -0.3 is 10.2 Å². The lowest BCUT2D eigenvalue weighted by Gasteiger charge is -2.42. The molecule has 3 aliphatic rings. The van der Waals surface area contributed by atoms with Gasteiger partial charge in [-0.3, -0.25) is 4.79 Å². The molecule has 1 N–H and O–H groups in total. The smallest absolute Gasteiger partial charge is 0.242 e. The Kier molecular flexibility index (Phi) is 3.13. The SMILES string of the molecule is CC1(C(=O)N2CCC3(CCCC3)CC2)CCCN1. The number of hydrogen-bond acceptors (Lipinski definition) is 2. The molecule has 0 aromatic heterocycles. The van der Waals surface area contributed by atoms with Gasteiger partial charge >= 0.3 is 0 Å². The van der Waals surface area contributed by atoms with Crippen LogP contribution in [-0.4, -0.2) is 36.0 Å². The van der Waals surface area contributed by atoms with Crippen molar-refractivity contribution in [2.24, 2.45) is 5.41 Å². The molecule has 2 saturated heterocycles. The van der Waals surface area contributed by atoms with Gasteiger partial charge in [-0.15, -0.1) is 0 Å². The highest BCUT2D eigenvalue weighted by atomic mass is 16.2. The number of hydrogen-bond donors (Lipinski definition) is 1. The largest absolute Gasteiger partial charge is 0.341 e. The summed E-state index contributed by atoms with van der Waals surface area (Å²) < 4.78 is 0. The highest BCUT2D eigenvalue weighted by Crippen LogP contribution is 2.46. The number of nitrogens with zero attached hydrogens (tertiary/aromatic N) is 1. The third-order valence-corrected chi connectivity index (χ3v) is 5.62. The van der Waals surface area contributed by atoms with E-state index in [-0.39, 0.29) is 5.54 Å². The summed E-state index contributed by atoms with van der Waals surface area (Å²) in [4.78, 5) is 14.7. The van der Waals surface area contributed by atoms with Crippen LogP contribution < -0.4 is 5.32 Å². The molecule has 1 spiro atoms. The van der Waals surface area contributed by atoms with Crippen molar-refractivity contribution in [3.63, 3.8) is 0 Å². The predicted octanol–water partition coefficient (Wildman–Crippen LogP) is 2.31. The van der Waals surface area contributed by atoms with E-state index in [9.17, 15) is 4.79 Å². The minimum atomic E-state index is -0.264. The van der Waals surface area contributed by atoms with Crippen LogP contribution in [0.1, 0.15) is 58.3 Å². The molecule has 102 valence electrons. The number of carbonyl (C=O) groups is 1. The van der Waals surface area contributed by atoms with E-state index in [1.807, 2.05) is 0 Å². The van der Waals surface area contributed by atoms with Gasteiger partial charge in [-0.05, 0) is 57.4 Å². The highest BCUT2D eigenvalue weighted by molar-refractivity contribution is 5.86. The van der Waals surface area contributed by atoms with Gasteiger partial charge in [0.1, 0.15) is 0 Å². The van der Waals surface area contributed by atoms with Crippen LogP contribution in [0.3, 0.4) is 0 Å². The fraction of sp³-hybridized carbons (Fsp3) is 0.933. The standard InChI is InChI=1S/C15H26N2O/c1-14(5-4-10-16-14)13(18)17-11-8-15(9-12-17)6-2-3-7-15/h16H,2-12H2,1H3. The average Bonchev–Trinajstić information content (AvgIpc) is 3.01. The molecule has 1 saturated carbocycles. The quantitative estimate of drug-likeness (QED) is 0.774. The van der Waals surface area contributed by atoms with Crippen molar-refractivity contribution in [1.29, 1.82) is 0 Å². The molecule has 0 aromatic carbocycles. The average molecular weight is 250 g/mol. The lowest BCUT2D eigenvalue weighted by molar-refractivity contribution is -0.139. The van der Waals surface area contributed by atoms with E-state index in [0.717, 1.165) is 32.5 Å². The van der Waals surface area contributed by atoms with Gasteiger partial charge in [0.05, 0.1) is 5.54 Å². The second kappa shape index (κ2) is 4.52. The summed E-state index contributed by atoms with van der Waals surface area (Å²) in [6, 6.07) is 0. The number of rotatable bonds is 1. The van der Waals surface area contributed by atoms with Gasteiger partial charge in [0, 0.05) is 13.1 Å². The first kappa shape index (κ1) is 12.5. The zero-order valence-corrected chi connectivity index (χ0v) is 11.6. The second-order valence-electron chi connectivity index (χ2n) is 6.86. The molecule has 1 unspecified atom stereocenters. The number of amides is 1. The van der Waals surface area contributed by atoms with E-state index in [1.54, 1.807) is 0 Å². The van der Waals surface area contributed by atoms with E-state index in [4.69, 9.17) is 0 Å². The fourth-order valence-electron chi connectivity index (χ4n) is 4.24. The second-order valence-corrected chi connectivity index (χ2v) is 6.86. The van der Waals surface area contributed by atoms with Gasteiger partial charge in [-0.2, -0.15) is 0 Å². The molecule has 3 fully saturated rings. The van der Waals surface area contributed by atoms with Gasteiger partial charge in [0.15, 0.2) is 0 Å². The Morgan fingerprint density at radius 3 is 2.22 bits per heavy atom. The van der Waals surface area contributed by atoms with Crippen molar-refractivity contribution in [1.82, 2.24) is 10.2 Å². The van der Waals surface area contributed by atoms with Crippen LogP contribution in [0.4, 0.5) is 0 Å². The van der Waals surface area contributed by atoms with Crippen LogP contribution in [0.25, 0.3) is 0 Å². The first-order valence-electron chi connectivity index (χ1n) is 7.68. The normalized spacial score (nSPS) is 35.3. The van der Waals surface area contributed by atoms with Crippen molar-refractivity contribution >= 4 is 5.91 Å². The van der Waals surface area contributed by atoms with Crippen LogP contribution in [-0.2, 0) is 4.79 Å². The summed E-state index contributed by atoms with van der Waals surface area (Å²) >= 11 is 0. The van der Waals surface area contributed by atoms with Crippen LogP contribution in [0.5, 0.6) is 0 Å². The molecule has 18 heavy (non-hydrogen) atoms. The van der Waals surface area contributed by atoms with Crippen molar-refractivity contribution in [2.45, 2.75) is 63.8 Å². The van der Waals surface area contributed by atoms with Crippen LogP contribution >= 0.6 is 0 Å².